The molecular formula is C11H12N2O3. The van der Waals surface area contributed by atoms with Crippen LogP contribution >= 0.6 is 0 Å². The lowest BCUT2D eigenvalue weighted by molar-refractivity contribution is -0.283. The van der Waals surface area contributed by atoms with E-state index >= 15 is 0 Å². The van der Waals surface area contributed by atoms with Crippen LogP contribution in [-0.2, 0) is 16.4 Å². The number of nitrogens with zero attached hydrogens (tertiary/aromatic N) is 2. The van der Waals surface area contributed by atoms with Crippen molar-refractivity contribution in [2.75, 3.05) is 7.11 Å². The van der Waals surface area contributed by atoms with Crippen molar-refractivity contribution >= 4 is 10.9 Å². The van der Waals surface area contributed by atoms with Gasteiger partial charge in [-0.3, -0.25) is 4.98 Å². The van der Waals surface area contributed by atoms with E-state index in [0.717, 1.165) is 11.1 Å². The molecule has 0 saturated carbocycles. The number of hydrogen-bond donors (Lipinski definition) is 1. The zero-order valence-electron chi connectivity index (χ0n) is 9.10. The molecule has 16 heavy (non-hydrogen) atoms. The van der Waals surface area contributed by atoms with Crippen LogP contribution in [0.2, 0.25) is 0 Å². The van der Waals surface area contributed by atoms with Crippen molar-refractivity contribution in [1.29, 1.82) is 0 Å². The average Bonchev–Trinajstić information content (AvgIpc) is 2.29. The summed E-state index contributed by atoms with van der Waals surface area (Å²) in [4.78, 5) is 17.5. The van der Waals surface area contributed by atoms with Gasteiger partial charge < -0.3 is 5.11 Å². The molecule has 0 aliphatic rings. The molecule has 1 N–H and O–H groups in total. The van der Waals surface area contributed by atoms with E-state index in [9.17, 15) is 5.11 Å². The van der Waals surface area contributed by atoms with E-state index in [-0.39, 0.29) is 12.4 Å². The van der Waals surface area contributed by atoms with E-state index in [1.165, 1.54) is 7.11 Å². The van der Waals surface area contributed by atoms with Crippen LogP contribution in [0, 0.1) is 6.92 Å². The van der Waals surface area contributed by atoms with Crippen molar-refractivity contribution in [1.82, 2.24) is 9.97 Å². The average molecular weight is 220 g/mol. The zero-order valence-corrected chi connectivity index (χ0v) is 9.10. The van der Waals surface area contributed by atoms with Crippen LogP contribution in [0.4, 0.5) is 0 Å². The molecule has 0 saturated heterocycles. The van der Waals surface area contributed by atoms with Gasteiger partial charge in [-0.2, -0.15) is 0 Å². The third-order valence-corrected chi connectivity index (χ3v) is 2.24. The minimum Gasteiger partial charge on any atom is -0.504 e. The summed E-state index contributed by atoms with van der Waals surface area (Å²) in [6, 6.07) is 3.74. The molecule has 0 bridgehead atoms. The number of pyridine rings is 2. The highest BCUT2D eigenvalue weighted by atomic mass is 17.2. The van der Waals surface area contributed by atoms with Gasteiger partial charge in [-0.25, -0.2) is 14.8 Å². The molecule has 5 nitrogen and oxygen atoms in total. The SMILES string of the molecule is COOCc1ncc2ccc(C)nc2c1O. The highest BCUT2D eigenvalue weighted by Crippen LogP contribution is 2.25. The summed E-state index contributed by atoms with van der Waals surface area (Å²) < 4.78 is 0. The van der Waals surface area contributed by atoms with Gasteiger partial charge in [-0.15, -0.1) is 0 Å². The first-order valence-corrected chi connectivity index (χ1v) is 4.82. The van der Waals surface area contributed by atoms with Crippen molar-refractivity contribution in [3.8, 4) is 5.75 Å². The standard InChI is InChI=1S/C11H12N2O3/c1-7-3-4-8-5-12-9(6-16-15-2)11(14)10(8)13-7/h3-5,14H,6H2,1-2H3. The molecule has 0 aromatic carbocycles. The maximum absolute atomic E-state index is 9.94. The lowest BCUT2D eigenvalue weighted by Crippen LogP contribution is -1.97. The monoisotopic (exact) mass is 220 g/mol. The fourth-order valence-corrected chi connectivity index (χ4v) is 1.43. The number of aryl methyl sites for hydroxylation is 1. The zero-order chi connectivity index (χ0) is 11.5. The summed E-state index contributed by atoms with van der Waals surface area (Å²) in [6.45, 7) is 1.96. The molecule has 84 valence electrons. The maximum atomic E-state index is 9.94. The van der Waals surface area contributed by atoms with Crippen LogP contribution < -0.4 is 0 Å². The Balaban J connectivity index is 2.50. The molecule has 0 atom stereocenters. The normalized spacial score (nSPS) is 10.9. The Labute approximate surface area is 92.6 Å². The second kappa shape index (κ2) is 4.42. The largest absolute Gasteiger partial charge is 0.504 e. The van der Waals surface area contributed by atoms with E-state index < -0.39 is 0 Å². The van der Waals surface area contributed by atoms with E-state index in [4.69, 9.17) is 4.89 Å². The Morgan fingerprint density at radius 1 is 1.38 bits per heavy atom. The number of fused-ring (bicyclic) bond motifs is 1. The fourth-order valence-electron chi connectivity index (χ4n) is 1.43. The van der Waals surface area contributed by atoms with E-state index in [1.807, 2.05) is 19.1 Å². The number of aromatic nitrogens is 2. The molecule has 0 fully saturated rings. The van der Waals surface area contributed by atoms with Crippen LogP contribution in [0.1, 0.15) is 11.4 Å². The molecule has 0 aliphatic carbocycles. The van der Waals surface area contributed by atoms with Crippen LogP contribution in [0.15, 0.2) is 18.3 Å². The molecule has 2 aromatic heterocycles. The lowest BCUT2D eigenvalue weighted by Gasteiger charge is -2.06. The van der Waals surface area contributed by atoms with Crippen molar-refractivity contribution in [2.24, 2.45) is 0 Å². The third kappa shape index (κ3) is 1.95. The molecule has 5 heteroatoms. The molecule has 0 unspecified atom stereocenters. The molecule has 0 radical (unpaired) electrons. The van der Waals surface area contributed by atoms with Gasteiger partial charge in [0.1, 0.15) is 17.8 Å². The highest BCUT2D eigenvalue weighted by Gasteiger charge is 2.09. The number of aromatic hydroxyl groups is 1. The smallest absolute Gasteiger partial charge is 0.166 e. The highest BCUT2D eigenvalue weighted by molar-refractivity contribution is 5.84. The van der Waals surface area contributed by atoms with Crippen molar-refractivity contribution in [3.05, 3.63) is 29.7 Å². The number of hydrogen-bond acceptors (Lipinski definition) is 5. The Kier molecular flexibility index (Phi) is 2.98. The van der Waals surface area contributed by atoms with Crippen molar-refractivity contribution in [2.45, 2.75) is 13.5 Å². The summed E-state index contributed by atoms with van der Waals surface area (Å²) in [5.74, 6) is 0.0400. The summed E-state index contributed by atoms with van der Waals surface area (Å²) in [7, 11) is 1.40. The summed E-state index contributed by atoms with van der Waals surface area (Å²) in [5.41, 5.74) is 1.78. The van der Waals surface area contributed by atoms with Gasteiger partial charge in [-0.05, 0) is 19.1 Å². The molecule has 2 aromatic rings. The lowest BCUT2D eigenvalue weighted by atomic mass is 10.2. The Bertz CT molecular complexity index is 514. The van der Waals surface area contributed by atoms with Crippen LogP contribution in [0.3, 0.4) is 0 Å². The molecular weight excluding hydrogens is 208 g/mol. The molecule has 2 rings (SSSR count). The summed E-state index contributed by atoms with van der Waals surface area (Å²) in [5, 5.41) is 10.7. The summed E-state index contributed by atoms with van der Waals surface area (Å²) >= 11 is 0. The first-order valence-electron chi connectivity index (χ1n) is 4.82. The minimum atomic E-state index is 0.0400. The summed E-state index contributed by atoms with van der Waals surface area (Å²) in [6.07, 6.45) is 1.65. The van der Waals surface area contributed by atoms with Crippen LogP contribution in [-0.4, -0.2) is 22.2 Å². The van der Waals surface area contributed by atoms with E-state index in [2.05, 4.69) is 14.9 Å². The predicted octanol–water partition coefficient (Wildman–Crippen LogP) is 1.72. The molecule has 0 aliphatic heterocycles. The third-order valence-electron chi connectivity index (χ3n) is 2.24. The van der Waals surface area contributed by atoms with Crippen LogP contribution in [0.5, 0.6) is 5.75 Å². The van der Waals surface area contributed by atoms with Crippen LogP contribution in [0.25, 0.3) is 10.9 Å². The van der Waals surface area contributed by atoms with E-state index in [1.54, 1.807) is 6.20 Å². The van der Waals surface area contributed by atoms with Gasteiger partial charge in [0.05, 0.1) is 7.11 Å². The van der Waals surface area contributed by atoms with Gasteiger partial charge in [-0.1, -0.05) is 0 Å². The molecule has 0 amide bonds. The Morgan fingerprint density at radius 2 is 2.19 bits per heavy atom. The Morgan fingerprint density at radius 3 is 2.94 bits per heavy atom. The minimum absolute atomic E-state index is 0.0400. The predicted molar refractivity (Wildman–Crippen MR) is 57.7 cm³/mol. The molecule has 2 heterocycles. The second-order valence-electron chi connectivity index (χ2n) is 3.37. The van der Waals surface area contributed by atoms with Gasteiger partial charge in [0.15, 0.2) is 5.75 Å². The van der Waals surface area contributed by atoms with Gasteiger partial charge >= 0.3 is 0 Å². The first-order chi connectivity index (χ1) is 7.72. The topological polar surface area (TPSA) is 64.5 Å². The molecule has 0 spiro atoms. The number of rotatable bonds is 3. The van der Waals surface area contributed by atoms with Gasteiger partial charge in [0.25, 0.3) is 0 Å². The fraction of sp³-hybridized carbons (Fsp3) is 0.273. The van der Waals surface area contributed by atoms with Gasteiger partial charge in [0.2, 0.25) is 0 Å². The second-order valence-corrected chi connectivity index (χ2v) is 3.37. The Hall–Kier alpha value is -1.72. The first kappa shape index (κ1) is 10.8. The van der Waals surface area contributed by atoms with Gasteiger partial charge in [0, 0.05) is 17.3 Å². The van der Waals surface area contributed by atoms with Crippen molar-refractivity contribution in [3.63, 3.8) is 0 Å². The maximum Gasteiger partial charge on any atom is 0.166 e. The van der Waals surface area contributed by atoms with Crippen molar-refractivity contribution < 1.29 is 14.9 Å². The van der Waals surface area contributed by atoms with E-state index in [0.29, 0.717) is 11.2 Å². The quantitative estimate of drug-likeness (QED) is 0.630.